The zero-order valence-corrected chi connectivity index (χ0v) is 28.6. The first-order valence-corrected chi connectivity index (χ1v) is 23.9. The Morgan fingerprint density at radius 1 is 0.316 bits per heavy atom. The second-order valence-corrected chi connectivity index (χ2v) is 24.6. The van der Waals surface area contributed by atoms with Gasteiger partial charge in [-0.25, -0.2) is 0 Å². The van der Waals surface area contributed by atoms with Crippen molar-refractivity contribution in [3.63, 3.8) is 0 Å². The van der Waals surface area contributed by atoms with Crippen LogP contribution >= 0.6 is 0 Å². The van der Waals surface area contributed by atoms with Gasteiger partial charge in [0.2, 0.25) is 0 Å². The van der Waals surface area contributed by atoms with Crippen molar-refractivity contribution in [2.24, 2.45) is 0 Å². The van der Waals surface area contributed by atoms with Gasteiger partial charge >= 0.3 is 240 Å². The van der Waals surface area contributed by atoms with Gasteiger partial charge in [0.15, 0.2) is 0 Å². The Bertz CT molecular complexity index is 1440. The monoisotopic (exact) mass is 702 g/mol. The molecule has 0 amide bonds. The molecule has 0 bridgehead atoms. The van der Waals surface area contributed by atoms with Crippen molar-refractivity contribution >= 4 is 43.9 Å². The van der Waals surface area contributed by atoms with Gasteiger partial charge in [-0.3, -0.25) is 0 Å². The summed E-state index contributed by atoms with van der Waals surface area (Å²) in [7, 11) is 0. The van der Waals surface area contributed by atoms with Gasteiger partial charge in [-0.1, -0.05) is 0 Å². The van der Waals surface area contributed by atoms with E-state index in [1.807, 2.05) is 41.5 Å². The number of rotatable bonds is 4. The minimum absolute atomic E-state index is 1.17. The molecule has 0 aliphatic carbocycles. The van der Waals surface area contributed by atoms with Crippen LogP contribution in [0.4, 0.5) is 0 Å². The fourth-order valence-electron chi connectivity index (χ4n) is 4.43. The molecule has 0 heterocycles. The van der Waals surface area contributed by atoms with E-state index in [2.05, 4.69) is 132 Å². The third kappa shape index (κ3) is 6.54. The van der Waals surface area contributed by atoms with E-state index in [1.165, 1.54) is 29.4 Å². The summed E-state index contributed by atoms with van der Waals surface area (Å²) >= 11 is -6.74. The summed E-state index contributed by atoms with van der Waals surface area (Å²) in [6, 6.07) is 26.1. The van der Waals surface area contributed by atoms with Crippen molar-refractivity contribution in [1.29, 1.82) is 0 Å². The molecule has 0 spiro atoms. The van der Waals surface area contributed by atoms with Crippen LogP contribution in [0, 0.1) is 59.1 Å². The Morgan fingerprint density at radius 3 is 0.684 bits per heavy atom. The molecule has 0 radical (unpaired) electrons. The summed E-state index contributed by atoms with van der Waals surface area (Å²) in [5, 5.41) is 0. The van der Waals surface area contributed by atoms with Crippen LogP contribution in [0.25, 0.3) is 22.3 Å². The van der Waals surface area contributed by atoms with Crippen molar-refractivity contribution in [2.75, 3.05) is 0 Å². The van der Waals surface area contributed by atoms with Gasteiger partial charge in [0, 0.05) is 0 Å². The number of benzene rings is 3. The van der Waals surface area contributed by atoms with Crippen LogP contribution in [0.1, 0.15) is 41.5 Å². The zero-order valence-electron chi connectivity index (χ0n) is 22.9. The first-order valence-electron chi connectivity index (χ1n) is 12.5. The Labute approximate surface area is 237 Å². The van der Waals surface area contributed by atoms with Crippen LogP contribution in [0.15, 0.2) is 72.8 Å². The molecule has 0 N–H and O–H groups in total. The van der Waals surface area contributed by atoms with E-state index >= 15 is 0 Å². The Morgan fingerprint density at radius 2 is 0.500 bits per heavy atom. The molecule has 3 aromatic rings. The Hall–Kier alpha value is -3.38. The molecule has 0 aliphatic rings. The SMILES string of the molecule is CC#[C][Sn]([C]#CC)([C]#CC)[c]1ccc(-c2ccc(-c3cc[c]([Sn]([C]#CC)([C]#CC)[C]#CC)cc3)cc2)cc1. The van der Waals surface area contributed by atoms with Crippen LogP contribution < -0.4 is 7.16 Å². The van der Waals surface area contributed by atoms with Crippen LogP contribution in [0.3, 0.4) is 0 Å². The van der Waals surface area contributed by atoms with E-state index in [1.54, 1.807) is 0 Å². The fraction of sp³-hybridized carbons (Fsp3) is 0.167. The second-order valence-electron chi connectivity index (χ2n) is 8.48. The van der Waals surface area contributed by atoms with Gasteiger partial charge in [0.05, 0.1) is 0 Å². The summed E-state index contributed by atoms with van der Waals surface area (Å²) in [6.45, 7) is 11.3. The minimum atomic E-state index is -3.37. The molecule has 38 heavy (non-hydrogen) atoms. The molecule has 0 unspecified atom stereocenters. The average Bonchev–Trinajstić information content (AvgIpc) is 2.94. The molecule has 0 aliphatic heterocycles. The fourth-order valence-corrected chi connectivity index (χ4v) is 18.2. The summed E-state index contributed by atoms with van der Waals surface area (Å²) < 4.78 is 23.0. The van der Waals surface area contributed by atoms with Crippen molar-refractivity contribution in [1.82, 2.24) is 0 Å². The van der Waals surface area contributed by atoms with E-state index < -0.39 is 36.8 Å². The third-order valence-electron chi connectivity index (χ3n) is 6.06. The first-order chi connectivity index (χ1) is 18.5. The van der Waals surface area contributed by atoms with Crippen molar-refractivity contribution < 1.29 is 0 Å². The van der Waals surface area contributed by atoms with Gasteiger partial charge in [-0.05, 0) is 0 Å². The normalized spacial score (nSPS) is 9.63. The maximum absolute atomic E-state index is 3.43. The van der Waals surface area contributed by atoms with Crippen molar-refractivity contribution in [3.8, 4) is 81.4 Å². The van der Waals surface area contributed by atoms with Crippen LogP contribution in [0.2, 0.25) is 0 Å². The van der Waals surface area contributed by atoms with Gasteiger partial charge in [0.1, 0.15) is 0 Å². The van der Waals surface area contributed by atoms with Crippen LogP contribution in [0.5, 0.6) is 0 Å². The van der Waals surface area contributed by atoms with E-state index in [0.717, 1.165) is 0 Å². The summed E-state index contributed by atoms with van der Waals surface area (Å²) in [5.74, 6) is 18.6. The molecule has 0 fully saturated rings. The van der Waals surface area contributed by atoms with E-state index in [4.69, 9.17) is 0 Å². The van der Waals surface area contributed by atoms with Gasteiger partial charge in [-0.2, -0.15) is 0 Å². The molecule has 3 rings (SSSR count). The molecule has 182 valence electrons. The Balaban J connectivity index is 1.91. The predicted molar refractivity (Wildman–Crippen MR) is 169 cm³/mol. The maximum atomic E-state index is 3.43. The number of hydrogen-bond acceptors (Lipinski definition) is 0. The van der Waals surface area contributed by atoms with Crippen LogP contribution in [-0.4, -0.2) is 36.8 Å². The van der Waals surface area contributed by atoms with E-state index in [0.29, 0.717) is 0 Å². The molecule has 0 atom stereocenters. The Kier molecular flexibility index (Phi) is 10.7. The molecule has 2 heteroatoms. The van der Waals surface area contributed by atoms with Gasteiger partial charge < -0.3 is 0 Å². The molecule has 0 nitrogen and oxygen atoms in total. The molecular formula is C36H30Sn2. The molecule has 0 aromatic heterocycles. The molecular weight excluding hydrogens is 670 g/mol. The second kappa shape index (κ2) is 14.0. The standard InChI is InChI=1S/C18H12.6C3H3.2Sn/c1-3-7-15(8-4-1)17-11-13-18(14-12-17)16-9-5-2-6-10-16;6*1-3-2;;/h3-14H;6*1H3;;. The molecule has 0 saturated carbocycles. The third-order valence-corrected chi connectivity index (χ3v) is 23.6. The number of hydrogen-bond donors (Lipinski definition) is 0. The summed E-state index contributed by atoms with van der Waals surface area (Å²) in [4.78, 5) is 0. The molecule has 3 aromatic carbocycles. The summed E-state index contributed by atoms with van der Waals surface area (Å²) in [6.07, 6.45) is 0. The quantitative estimate of drug-likeness (QED) is 0.242. The van der Waals surface area contributed by atoms with Gasteiger partial charge in [0.25, 0.3) is 0 Å². The predicted octanol–water partition coefficient (Wildman–Crippen LogP) is 5.71. The zero-order chi connectivity index (χ0) is 27.4. The topological polar surface area (TPSA) is 0 Å². The summed E-state index contributed by atoms with van der Waals surface area (Å²) in [5.41, 5.74) is 4.68. The van der Waals surface area contributed by atoms with E-state index in [-0.39, 0.29) is 0 Å². The van der Waals surface area contributed by atoms with Crippen molar-refractivity contribution in [3.05, 3.63) is 72.8 Å². The van der Waals surface area contributed by atoms with Crippen LogP contribution in [-0.2, 0) is 0 Å². The molecule has 0 saturated heterocycles. The van der Waals surface area contributed by atoms with Gasteiger partial charge in [-0.15, -0.1) is 0 Å². The first kappa shape index (κ1) is 29.2. The van der Waals surface area contributed by atoms with E-state index in [9.17, 15) is 0 Å². The average molecular weight is 700 g/mol. The van der Waals surface area contributed by atoms with Crippen molar-refractivity contribution in [2.45, 2.75) is 41.5 Å².